The monoisotopic (exact) mass is 566 g/mol. The molecule has 11 heteroatoms. The van der Waals surface area contributed by atoms with Crippen molar-refractivity contribution in [3.8, 4) is 0 Å². The van der Waals surface area contributed by atoms with Crippen LogP contribution < -0.4 is 16.5 Å². The average Bonchev–Trinajstić information content (AvgIpc) is 3.44. The molecule has 0 saturated carbocycles. The maximum Gasteiger partial charge on any atom is 0.241 e. The van der Waals surface area contributed by atoms with E-state index >= 15 is 0 Å². The Labute approximate surface area is 242 Å². The van der Waals surface area contributed by atoms with Gasteiger partial charge < -0.3 is 15.0 Å². The predicted molar refractivity (Wildman–Crippen MR) is 156 cm³/mol. The van der Waals surface area contributed by atoms with Crippen LogP contribution in [0.1, 0.15) is 33.3 Å². The van der Waals surface area contributed by atoms with E-state index in [1.807, 2.05) is 9.80 Å². The van der Waals surface area contributed by atoms with Crippen molar-refractivity contribution in [2.24, 2.45) is 16.3 Å². The van der Waals surface area contributed by atoms with Gasteiger partial charge in [-0.05, 0) is 37.6 Å². The fourth-order valence-electron chi connectivity index (χ4n) is 6.84. The zero-order valence-corrected chi connectivity index (χ0v) is 24.6. The van der Waals surface area contributed by atoms with Gasteiger partial charge in [0, 0.05) is 68.3 Å². The van der Waals surface area contributed by atoms with Crippen LogP contribution in [0.2, 0.25) is 0 Å². The predicted octanol–water partition coefficient (Wildman–Crippen LogP) is 1.23. The highest BCUT2D eigenvalue weighted by atomic mass is 19.1. The van der Waals surface area contributed by atoms with Crippen LogP contribution in [0.4, 0.5) is 4.39 Å². The van der Waals surface area contributed by atoms with E-state index in [-0.39, 0.29) is 23.2 Å². The van der Waals surface area contributed by atoms with E-state index in [0.717, 1.165) is 67.8 Å². The number of rotatable bonds is 6. The van der Waals surface area contributed by atoms with Gasteiger partial charge in [-0.15, -0.1) is 0 Å². The number of amidine groups is 1. The Bertz CT molecular complexity index is 1260. The van der Waals surface area contributed by atoms with Gasteiger partial charge in [0.15, 0.2) is 12.1 Å². The van der Waals surface area contributed by atoms with Crippen LogP contribution >= 0.6 is 0 Å². The third-order valence-corrected chi connectivity index (χ3v) is 9.00. The van der Waals surface area contributed by atoms with Crippen molar-refractivity contribution in [1.82, 2.24) is 30.3 Å². The highest BCUT2D eigenvalue weighted by Gasteiger charge is 2.49. The summed E-state index contributed by atoms with van der Waals surface area (Å²) in [4.78, 5) is 23.0. The lowest BCUT2D eigenvalue weighted by molar-refractivity contribution is -0.131. The molecule has 4 N–H and O–H groups in total. The number of piperazine rings is 1. The second-order valence-corrected chi connectivity index (χ2v) is 12.8. The molecule has 1 aromatic rings. The largest absolute Gasteiger partial charge is 0.379 e. The zero-order valence-electron chi connectivity index (χ0n) is 24.6. The highest BCUT2D eigenvalue weighted by Crippen LogP contribution is 2.45. The molecule has 1 aromatic carbocycles. The summed E-state index contributed by atoms with van der Waals surface area (Å²) in [5.74, 6) is 0.590. The zero-order chi connectivity index (χ0) is 28.9. The summed E-state index contributed by atoms with van der Waals surface area (Å²) in [6.07, 6.45) is 2.13. The van der Waals surface area contributed by atoms with Crippen LogP contribution in [0.15, 0.2) is 52.4 Å². The van der Waals surface area contributed by atoms with Crippen molar-refractivity contribution < 1.29 is 13.9 Å². The van der Waals surface area contributed by atoms with E-state index in [4.69, 9.17) is 10.5 Å². The van der Waals surface area contributed by atoms with Crippen molar-refractivity contribution in [2.45, 2.75) is 58.5 Å². The number of nitrogens with zero attached hydrogens (tertiary/aromatic N) is 5. The molecule has 0 aromatic heterocycles. The van der Waals surface area contributed by atoms with Gasteiger partial charge in [0.25, 0.3) is 0 Å². The molecule has 5 heterocycles. The number of morpholine rings is 1. The summed E-state index contributed by atoms with van der Waals surface area (Å²) in [7, 11) is 0. The molecule has 0 aliphatic carbocycles. The molecule has 41 heavy (non-hydrogen) atoms. The minimum Gasteiger partial charge on any atom is -0.379 e. The topological polar surface area (TPSA) is 102 Å². The number of hydrogen-bond acceptors (Lipinski definition) is 9. The maximum absolute atomic E-state index is 14.2. The molecule has 222 valence electrons. The number of nitrogens with two attached hydrogens (primary N) is 1. The minimum atomic E-state index is -0.518. The van der Waals surface area contributed by atoms with Gasteiger partial charge in [0.1, 0.15) is 5.82 Å². The van der Waals surface area contributed by atoms with Crippen molar-refractivity contribution in [1.29, 1.82) is 0 Å². The van der Waals surface area contributed by atoms with Crippen molar-refractivity contribution in [3.05, 3.63) is 58.7 Å². The minimum absolute atomic E-state index is 0.0932. The number of nitrogens with one attached hydrogen (secondary N) is 2. The van der Waals surface area contributed by atoms with Gasteiger partial charge in [-0.3, -0.25) is 30.7 Å². The van der Waals surface area contributed by atoms with Crippen molar-refractivity contribution in [2.75, 3.05) is 52.5 Å². The summed E-state index contributed by atoms with van der Waals surface area (Å²) < 4.78 is 19.2. The van der Waals surface area contributed by atoms with E-state index in [9.17, 15) is 9.18 Å². The molecule has 5 aliphatic heterocycles. The van der Waals surface area contributed by atoms with Gasteiger partial charge in [0.05, 0.1) is 31.2 Å². The van der Waals surface area contributed by atoms with E-state index in [1.54, 1.807) is 12.1 Å². The fourth-order valence-corrected chi connectivity index (χ4v) is 6.84. The Morgan fingerprint density at radius 3 is 2.76 bits per heavy atom. The first kappa shape index (κ1) is 28.3. The second-order valence-electron chi connectivity index (χ2n) is 12.8. The molecule has 6 rings (SSSR count). The SMILES string of the molecule is C[C@@H]1CN(CC(=O)N2CC(C)(C)C3=C2C=C(Cc2ccc(F)cc2)C2=NNC(N)N23)[C@@H](CN2CCOC[C@H]2C)CN1. The molecule has 10 nitrogen and oxygen atoms in total. The Balaban J connectivity index is 1.26. The van der Waals surface area contributed by atoms with Gasteiger partial charge >= 0.3 is 0 Å². The number of fused-ring (bicyclic) bond motifs is 2. The molecule has 1 amide bonds. The number of allylic oxidation sites excluding steroid dienone is 1. The van der Waals surface area contributed by atoms with Crippen LogP contribution in [-0.4, -0.2) is 108 Å². The standard InChI is InChI=1S/C30H43FN8O2/c1-19-14-37(24(13-33-19)15-36-9-10-41-17-20(36)2)16-26(40)38-18-30(3,4)27-25(38)12-22(28-34-35-29(32)39(27)28)11-21-5-7-23(31)8-6-21/h5-8,12,19-20,24,29,33,35H,9-11,13-18,32H2,1-4H3/t19-,20-,24-,29?/m1/s1. The average molecular weight is 567 g/mol. The summed E-state index contributed by atoms with van der Waals surface area (Å²) in [5.41, 5.74) is 13.0. The molecule has 5 aliphatic rings. The first-order chi connectivity index (χ1) is 19.6. The molecular weight excluding hydrogens is 523 g/mol. The van der Waals surface area contributed by atoms with Crippen LogP contribution in [0, 0.1) is 11.2 Å². The van der Waals surface area contributed by atoms with E-state index < -0.39 is 6.29 Å². The summed E-state index contributed by atoms with van der Waals surface area (Å²) in [6, 6.07) is 7.44. The smallest absolute Gasteiger partial charge is 0.241 e. The van der Waals surface area contributed by atoms with Crippen LogP contribution in [0.3, 0.4) is 0 Å². The van der Waals surface area contributed by atoms with Crippen molar-refractivity contribution >= 4 is 11.7 Å². The molecule has 2 saturated heterocycles. The lowest BCUT2D eigenvalue weighted by Gasteiger charge is -2.43. The van der Waals surface area contributed by atoms with Gasteiger partial charge in [0.2, 0.25) is 5.91 Å². The van der Waals surface area contributed by atoms with Gasteiger partial charge in [-0.1, -0.05) is 26.0 Å². The molecule has 0 bridgehead atoms. The number of halogens is 1. The third-order valence-electron chi connectivity index (χ3n) is 9.00. The van der Waals surface area contributed by atoms with Gasteiger partial charge in [-0.2, -0.15) is 5.10 Å². The molecule has 4 atom stereocenters. The number of hydrazone groups is 1. The number of carbonyl (C=O) groups is 1. The van der Waals surface area contributed by atoms with E-state index in [0.29, 0.717) is 31.6 Å². The van der Waals surface area contributed by atoms with Crippen LogP contribution in [0.5, 0.6) is 0 Å². The molecule has 1 unspecified atom stereocenters. The Kier molecular flexibility index (Phi) is 7.67. The number of hydrogen-bond donors (Lipinski definition) is 3. The molecular formula is C30H43FN8O2. The van der Waals surface area contributed by atoms with Crippen LogP contribution in [0.25, 0.3) is 0 Å². The first-order valence-electron chi connectivity index (χ1n) is 14.8. The van der Waals surface area contributed by atoms with E-state index in [1.165, 1.54) is 12.1 Å². The Morgan fingerprint density at radius 1 is 1.22 bits per heavy atom. The van der Waals surface area contributed by atoms with Crippen molar-refractivity contribution in [3.63, 3.8) is 0 Å². The Morgan fingerprint density at radius 2 is 2.00 bits per heavy atom. The summed E-state index contributed by atoms with van der Waals surface area (Å²) in [6.45, 7) is 14.6. The van der Waals surface area contributed by atoms with Gasteiger partial charge in [-0.25, -0.2) is 4.39 Å². The Hall–Kier alpha value is -2.83. The highest BCUT2D eigenvalue weighted by molar-refractivity contribution is 6.03. The molecule has 0 spiro atoms. The normalized spacial score (nSPS) is 30.1. The van der Waals surface area contributed by atoms with Crippen LogP contribution in [-0.2, 0) is 16.0 Å². The van der Waals surface area contributed by atoms with E-state index in [2.05, 4.69) is 59.4 Å². The maximum atomic E-state index is 14.2. The molecule has 0 radical (unpaired) electrons. The molecule has 2 fully saturated rings. The summed E-state index contributed by atoms with van der Waals surface area (Å²) in [5, 5.41) is 8.18. The number of ether oxygens (including phenoxy) is 1. The number of carbonyl (C=O) groups excluding carboxylic acids is 1. The number of amides is 1. The second kappa shape index (κ2) is 11.1. The summed E-state index contributed by atoms with van der Waals surface area (Å²) >= 11 is 0. The lowest BCUT2D eigenvalue weighted by Crippen LogP contribution is -2.62. The fraction of sp³-hybridized carbons (Fsp3) is 0.600. The quantitative estimate of drug-likeness (QED) is 0.473. The number of benzene rings is 1. The lowest BCUT2D eigenvalue weighted by atomic mass is 9.87. The first-order valence-corrected chi connectivity index (χ1v) is 14.8. The third kappa shape index (κ3) is 5.53.